The third-order valence-electron chi connectivity index (χ3n) is 4.28. The average molecular weight is 407 g/mol. The van der Waals surface area contributed by atoms with Gasteiger partial charge in [0, 0.05) is 6.42 Å². The summed E-state index contributed by atoms with van der Waals surface area (Å²) in [7, 11) is -3.93. The first kappa shape index (κ1) is 26.1. The summed E-state index contributed by atoms with van der Waals surface area (Å²) in [5, 5.41) is 18.4. The van der Waals surface area contributed by atoms with Crippen molar-refractivity contribution in [3.8, 4) is 0 Å². The van der Waals surface area contributed by atoms with Gasteiger partial charge in [-0.3, -0.25) is 4.79 Å². The molecule has 0 aliphatic rings. The molecule has 0 spiro atoms. The van der Waals surface area contributed by atoms with Crippen molar-refractivity contribution in [1.29, 1.82) is 0 Å². The van der Waals surface area contributed by atoms with Gasteiger partial charge < -0.3 is 14.4 Å². The molecule has 160 valence electrons. The summed E-state index contributed by atoms with van der Waals surface area (Å²) in [6.45, 7) is 1.63. The number of aliphatic hydroxyl groups is 2. The topological polar surface area (TPSA) is 101 Å². The van der Waals surface area contributed by atoms with E-state index in [0.29, 0.717) is 6.42 Å². The van der Waals surface area contributed by atoms with Crippen LogP contribution in [0.3, 0.4) is 0 Å². The molecule has 0 unspecified atom stereocenters. The van der Waals surface area contributed by atoms with Gasteiger partial charge in [-0.05, 0) is 32.1 Å². The van der Waals surface area contributed by atoms with Crippen LogP contribution in [0.1, 0.15) is 90.4 Å². The van der Waals surface area contributed by atoms with Crippen LogP contribution in [-0.2, 0) is 19.1 Å². The lowest BCUT2D eigenvalue weighted by molar-refractivity contribution is -0.133. The highest BCUT2D eigenvalue weighted by Gasteiger charge is 2.15. The third-order valence-corrected chi connectivity index (χ3v) is 5.40. The number of rotatable bonds is 18. The number of carbonyl (C=O) groups excluding carboxylic acids is 1. The van der Waals surface area contributed by atoms with Crippen molar-refractivity contribution in [3.63, 3.8) is 0 Å². The minimum Gasteiger partial charge on any atom is -0.395 e. The van der Waals surface area contributed by atoms with Gasteiger partial charge in [-0.2, -0.15) is 8.42 Å². The quantitative estimate of drug-likeness (QED) is 0.204. The number of allylic oxidation sites excluding steroid dienone is 1. The molecular weight excluding hydrogens is 368 g/mol. The van der Waals surface area contributed by atoms with Gasteiger partial charge in [-0.25, -0.2) is 0 Å². The normalized spacial score (nSPS) is 13.1. The molecule has 27 heavy (non-hydrogen) atoms. The van der Waals surface area contributed by atoms with Crippen molar-refractivity contribution < 1.29 is 27.6 Å². The summed E-state index contributed by atoms with van der Waals surface area (Å²) in [5.74, 6) is -1.30. The molecule has 0 rings (SSSR count). The van der Waals surface area contributed by atoms with Crippen molar-refractivity contribution in [2.24, 2.45) is 0 Å². The van der Waals surface area contributed by atoms with E-state index in [9.17, 15) is 18.3 Å². The Labute approximate surface area is 165 Å². The predicted octanol–water partition coefficient (Wildman–Crippen LogP) is 3.86. The lowest BCUT2D eigenvalue weighted by atomic mass is 10.1. The lowest BCUT2D eigenvalue weighted by Gasteiger charge is -2.07. The number of unbranched alkanes of at least 4 members (excludes halogenated alkanes) is 8. The van der Waals surface area contributed by atoms with Gasteiger partial charge in [0.05, 0.1) is 12.7 Å². The Kier molecular flexibility index (Phi) is 16.6. The first-order chi connectivity index (χ1) is 12.9. The zero-order valence-corrected chi connectivity index (χ0v) is 17.6. The first-order valence-electron chi connectivity index (χ1n) is 10.3. The summed E-state index contributed by atoms with van der Waals surface area (Å²) in [5.41, 5.74) is 0. The van der Waals surface area contributed by atoms with Crippen LogP contribution < -0.4 is 0 Å². The van der Waals surface area contributed by atoms with Crippen LogP contribution >= 0.6 is 0 Å². The van der Waals surface area contributed by atoms with Crippen molar-refractivity contribution in [1.82, 2.24) is 0 Å². The molecule has 0 aromatic rings. The monoisotopic (exact) mass is 406 g/mol. The minimum atomic E-state index is -3.93. The van der Waals surface area contributed by atoms with Crippen molar-refractivity contribution in [2.45, 2.75) is 96.5 Å². The van der Waals surface area contributed by atoms with Gasteiger partial charge in [-0.15, -0.1) is 0 Å². The molecule has 0 amide bonds. The van der Waals surface area contributed by atoms with Crippen LogP contribution in [0.4, 0.5) is 0 Å². The van der Waals surface area contributed by atoms with E-state index in [1.54, 1.807) is 0 Å². The van der Waals surface area contributed by atoms with Gasteiger partial charge in [0.15, 0.2) is 0 Å². The van der Waals surface area contributed by atoms with Crippen LogP contribution in [0, 0.1) is 0 Å². The van der Waals surface area contributed by atoms with E-state index >= 15 is 0 Å². The molecule has 0 aromatic carbocycles. The van der Waals surface area contributed by atoms with E-state index in [2.05, 4.69) is 23.3 Å². The van der Waals surface area contributed by atoms with E-state index in [1.165, 1.54) is 19.3 Å². The summed E-state index contributed by atoms with van der Waals surface area (Å²) in [6, 6.07) is 0. The molecule has 0 radical (unpaired) electrons. The second kappa shape index (κ2) is 17.2. The number of hydrogen-bond donors (Lipinski definition) is 2. The average Bonchev–Trinajstić information content (AvgIpc) is 2.59. The second-order valence-electron chi connectivity index (χ2n) is 6.96. The second-order valence-corrected chi connectivity index (χ2v) is 8.65. The van der Waals surface area contributed by atoms with Gasteiger partial charge in [0.25, 0.3) is 0 Å². The lowest BCUT2D eigenvalue weighted by Crippen LogP contribution is -2.17. The molecule has 0 aromatic heterocycles. The SMILES string of the molecule is CCCCCC[C@@H](O)C/C=C\CCCCCCCC(=O)OS(=O)(=O)CCO. The summed E-state index contributed by atoms with van der Waals surface area (Å²) >= 11 is 0. The molecule has 6 nitrogen and oxygen atoms in total. The maximum atomic E-state index is 11.4. The third kappa shape index (κ3) is 18.2. The molecule has 0 aliphatic heterocycles. The van der Waals surface area contributed by atoms with Crippen LogP contribution in [0.2, 0.25) is 0 Å². The van der Waals surface area contributed by atoms with Crippen molar-refractivity contribution in [3.05, 3.63) is 12.2 Å². The van der Waals surface area contributed by atoms with Gasteiger partial charge in [-0.1, -0.05) is 64.0 Å². The zero-order valence-electron chi connectivity index (χ0n) is 16.8. The molecular formula is C20H38O6S. The zero-order chi connectivity index (χ0) is 20.4. The molecule has 1 atom stereocenters. The minimum absolute atomic E-state index is 0.0840. The Morgan fingerprint density at radius 3 is 2.37 bits per heavy atom. The summed E-state index contributed by atoms with van der Waals surface area (Å²) in [4.78, 5) is 11.4. The van der Waals surface area contributed by atoms with E-state index in [1.807, 2.05) is 0 Å². The molecule has 0 saturated carbocycles. The largest absolute Gasteiger partial charge is 0.395 e. The van der Waals surface area contributed by atoms with Crippen LogP contribution in [-0.4, -0.2) is 43.1 Å². The smallest absolute Gasteiger partial charge is 0.322 e. The van der Waals surface area contributed by atoms with Crippen LogP contribution in [0.5, 0.6) is 0 Å². The Balaban J connectivity index is 3.50. The molecule has 0 aliphatic carbocycles. The highest BCUT2D eigenvalue weighted by Crippen LogP contribution is 2.11. The molecule has 7 heteroatoms. The molecule has 0 heterocycles. The number of carbonyl (C=O) groups is 1. The van der Waals surface area contributed by atoms with Crippen molar-refractivity contribution >= 4 is 16.1 Å². The van der Waals surface area contributed by atoms with E-state index in [-0.39, 0.29) is 12.5 Å². The highest BCUT2D eigenvalue weighted by molar-refractivity contribution is 7.87. The summed E-state index contributed by atoms with van der Waals surface area (Å²) < 4.78 is 26.7. The molecule has 0 fully saturated rings. The van der Waals surface area contributed by atoms with Gasteiger partial charge in [0.2, 0.25) is 0 Å². The maximum Gasteiger partial charge on any atom is 0.322 e. The first-order valence-corrected chi connectivity index (χ1v) is 11.9. The Morgan fingerprint density at radius 2 is 1.67 bits per heavy atom. The fraction of sp³-hybridized carbons (Fsp3) is 0.850. The van der Waals surface area contributed by atoms with Gasteiger partial charge in [0.1, 0.15) is 5.75 Å². The van der Waals surface area contributed by atoms with Crippen LogP contribution in [0.25, 0.3) is 0 Å². The molecule has 0 saturated heterocycles. The molecule has 2 N–H and O–H groups in total. The van der Waals surface area contributed by atoms with Gasteiger partial charge >= 0.3 is 16.1 Å². The number of aliphatic hydroxyl groups excluding tert-OH is 2. The Hall–Kier alpha value is -0.920. The standard InChI is InChI=1S/C20H38O6S/c1-2-3-4-11-14-19(22)15-12-9-7-5-6-8-10-13-16-20(23)26-27(24,25)18-17-21/h9,12,19,21-22H,2-8,10-11,13-18H2,1H3/b12-9-/t19-/m1/s1. The van der Waals surface area contributed by atoms with E-state index < -0.39 is 28.4 Å². The Morgan fingerprint density at radius 1 is 1.00 bits per heavy atom. The maximum absolute atomic E-state index is 11.4. The highest BCUT2D eigenvalue weighted by atomic mass is 32.2. The van der Waals surface area contributed by atoms with E-state index in [4.69, 9.17) is 5.11 Å². The summed E-state index contributed by atoms with van der Waals surface area (Å²) in [6.07, 6.45) is 16.0. The van der Waals surface area contributed by atoms with Crippen molar-refractivity contribution in [2.75, 3.05) is 12.4 Å². The molecule has 0 bridgehead atoms. The Bertz CT molecular complexity index is 487. The predicted molar refractivity (Wildman–Crippen MR) is 108 cm³/mol. The van der Waals surface area contributed by atoms with E-state index in [0.717, 1.165) is 51.4 Å². The fourth-order valence-corrected chi connectivity index (χ4v) is 3.37. The van der Waals surface area contributed by atoms with Crippen LogP contribution in [0.15, 0.2) is 12.2 Å². The fourth-order valence-electron chi connectivity index (χ4n) is 2.69. The number of hydrogen-bond acceptors (Lipinski definition) is 6.